The zero-order chi connectivity index (χ0) is 11.2. The van der Waals surface area contributed by atoms with E-state index in [-0.39, 0.29) is 0 Å². The Balaban J connectivity index is 1.99. The normalized spacial score (nSPS) is 9.81. The maximum Gasteiger partial charge on any atom is 0.121 e. The number of hydrogen-bond acceptors (Lipinski definition) is 3. The topological polar surface area (TPSA) is 34.1 Å². The highest BCUT2D eigenvalue weighted by atomic mass is 16.5. The third kappa shape index (κ3) is 2.73. The summed E-state index contributed by atoms with van der Waals surface area (Å²) in [7, 11) is 1.89. The van der Waals surface area contributed by atoms with Gasteiger partial charge in [-0.2, -0.15) is 0 Å². The van der Waals surface area contributed by atoms with Crippen LogP contribution in [-0.4, -0.2) is 12.0 Å². The van der Waals surface area contributed by atoms with Crippen LogP contribution in [0.15, 0.2) is 48.8 Å². The van der Waals surface area contributed by atoms with E-state index in [1.54, 1.807) is 12.4 Å². The molecule has 2 rings (SSSR count). The van der Waals surface area contributed by atoms with Crippen molar-refractivity contribution in [2.24, 2.45) is 0 Å². The second-order valence-corrected chi connectivity index (χ2v) is 3.42. The Labute approximate surface area is 95.1 Å². The Hall–Kier alpha value is -2.03. The highest BCUT2D eigenvalue weighted by Crippen LogP contribution is 2.17. The van der Waals surface area contributed by atoms with Gasteiger partial charge >= 0.3 is 0 Å². The van der Waals surface area contributed by atoms with Gasteiger partial charge in [0, 0.05) is 31.2 Å². The number of benzene rings is 1. The molecule has 0 aliphatic heterocycles. The van der Waals surface area contributed by atoms with Gasteiger partial charge in [0.15, 0.2) is 0 Å². The second-order valence-electron chi connectivity index (χ2n) is 3.42. The molecule has 3 nitrogen and oxygen atoms in total. The molecule has 0 spiro atoms. The molecular weight excluding hydrogens is 200 g/mol. The number of aromatic nitrogens is 1. The van der Waals surface area contributed by atoms with Gasteiger partial charge in [0.25, 0.3) is 0 Å². The number of hydrogen-bond donors (Lipinski definition) is 1. The summed E-state index contributed by atoms with van der Waals surface area (Å²) < 4.78 is 5.67. The molecule has 0 saturated heterocycles. The van der Waals surface area contributed by atoms with Crippen molar-refractivity contribution >= 4 is 5.69 Å². The lowest BCUT2D eigenvalue weighted by Gasteiger charge is -2.07. The van der Waals surface area contributed by atoms with Gasteiger partial charge in [-0.25, -0.2) is 0 Å². The predicted molar refractivity (Wildman–Crippen MR) is 64.6 cm³/mol. The van der Waals surface area contributed by atoms with E-state index in [9.17, 15) is 0 Å². The maximum atomic E-state index is 5.67. The molecule has 0 amide bonds. The smallest absolute Gasteiger partial charge is 0.121 e. The minimum atomic E-state index is 0.565. The molecule has 1 aromatic carbocycles. The molecule has 2 aromatic rings. The molecule has 82 valence electrons. The van der Waals surface area contributed by atoms with Crippen LogP contribution < -0.4 is 10.1 Å². The molecule has 0 saturated carbocycles. The first-order chi connectivity index (χ1) is 7.88. The molecule has 0 unspecified atom stereocenters. The maximum absolute atomic E-state index is 5.67. The molecule has 0 bridgehead atoms. The fourth-order valence-corrected chi connectivity index (χ4v) is 1.39. The summed E-state index contributed by atoms with van der Waals surface area (Å²) >= 11 is 0. The van der Waals surface area contributed by atoms with Crippen LogP contribution in [0, 0.1) is 0 Å². The number of pyridine rings is 1. The Bertz CT molecular complexity index is 443. The molecule has 0 radical (unpaired) electrons. The van der Waals surface area contributed by atoms with Crippen LogP contribution >= 0.6 is 0 Å². The van der Waals surface area contributed by atoms with Crippen LogP contribution in [0.25, 0.3) is 0 Å². The number of anilines is 1. The largest absolute Gasteiger partial charge is 0.489 e. The fraction of sp³-hybridized carbons (Fsp3) is 0.154. The van der Waals surface area contributed by atoms with Crippen molar-refractivity contribution in [1.82, 2.24) is 4.98 Å². The molecule has 1 heterocycles. The molecule has 1 N–H and O–H groups in total. The van der Waals surface area contributed by atoms with Crippen molar-refractivity contribution in [2.75, 3.05) is 12.4 Å². The van der Waals surface area contributed by atoms with Crippen molar-refractivity contribution in [3.63, 3.8) is 0 Å². The average molecular weight is 214 g/mol. The Kier molecular flexibility index (Phi) is 3.38. The monoisotopic (exact) mass is 214 g/mol. The van der Waals surface area contributed by atoms with Crippen LogP contribution in [0.1, 0.15) is 5.56 Å². The average Bonchev–Trinajstić information content (AvgIpc) is 2.38. The number of nitrogens with one attached hydrogen (secondary N) is 1. The van der Waals surface area contributed by atoms with Crippen LogP contribution in [-0.2, 0) is 6.61 Å². The van der Waals surface area contributed by atoms with E-state index in [4.69, 9.17) is 4.74 Å². The third-order valence-electron chi connectivity index (χ3n) is 2.28. The highest BCUT2D eigenvalue weighted by Gasteiger charge is 1.96. The van der Waals surface area contributed by atoms with E-state index >= 15 is 0 Å². The number of nitrogens with zero attached hydrogens (tertiary/aromatic N) is 1. The standard InChI is InChI=1S/C13H14N2O/c1-14-12-3-2-4-13(9-12)16-10-11-5-7-15-8-6-11/h2-9,14H,10H2,1H3. The molecular formula is C13H14N2O. The zero-order valence-electron chi connectivity index (χ0n) is 9.18. The van der Waals surface area contributed by atoms with Crippen molar-refractivity contribution in [3.8, 4) is 5.75 Å². The summed E-state index contributed by atoms with van der Waals surface area (Å²) in [5, 5.41) is 3.08. The second kappa shape index (κ2) is 5.16. The van der Waals surface area contributed by atoms with Crippen LogP contribution in [0.5, 0.6) is 5.75 Å². The lowest BCUT2D eigenvalue weighted by molar-refractivity contribution is 0.306. The van der Waals surface area contributed by atoms with Crippen molar-refractivity contribution in [3.05, 3.63) is 54.4 Å². The summed E-state index contributed by atoms with van der Waals surface area (Å²) in [6.07, 6.45) is 3.53. The Morgan fingerprint density at radius 2 is 2.00 bits per heavy atom. The number of ether oxygens (including phenoxy) is 1. The Morgan fingerprint density at radius 1 is 1.19 bits per heavy atom. The van der Waals surface area contributed by atoms with Crippen molar-refractivity contribution in [1.29, 1.82) is 0 Å². The van der Waals surface area contributed by atoms with Gasteiger partial charge in [-0.1, -0.05) is 6.07 Å². The lowest BCUT2D eigenvalue weighted by Crippen LogP contribution is -1.96. The van der Waals surface area contributed by atoms with Gasteiger partial charge in [0.05, 0.1) is 0 Å². The van der Waals surface area contributed by atoms with Crippen molar-refractivity contribution < 1.29 is 4.74 Å². The van der Waals surface area contributed by atoms with E-state index < -0.39 is 0 Å². The summed E-state index contributed by atoms with van der Waals surface area (Å²) in [4.78, 5) is 3.96. The van der Waals surface area contributed by atoms with E-state index in [0.29, 0.717) is 6.61 Å². The van der Waals surface area contributed by atoms with Crippen LogP contribution in [0.3, 0.4) is 0 Å². The third-order valence-corrected chi connectivity index (χ3v) is 2.28. The number of rotatable bonds is 4. The predicted octanol–water partition coefficient (Wildman–Crippen LogP) is 2.70. The molecule has 3 heteroatoms. The quantitative estimate of drug-likeness (QED) is 0.849. The molecule has 16 heavy (non-hydrogen) atoms. The van der Waals surface area contributed by atoms with Crippen molar-refractivity contribution in [2.45, 2.75) is 6.61 Å². The lowest BCUT2D eigenvalue weighted by atomic mass is 10.3. The SMILES string of the molecule is CNc1cccc(OCc2ccncc2)c1. The van der Waals surface area contributed by atoms with E-state index in [0.717, 1.165) is 17.0 Å². The van der Waals surface area contributed by atoms with Gasteiger partial charge in [0.2, 0.25) is 0 Å². The fourth-order valence-electron chi connectivity index (χ4n) is 1.39. The van der Waals surface area contributed by atoms with Crippen LogP contribution in [0.2, 0.25) is 0 Å². The first-order valence-corrected chi connectivity index (χ1v) is 5.18. The summed E-state index contributed by atoms with van der Waals surface area (Å²) in [6.45, 7) is 0.565. The molecule has 1 aromatic heterocycles. The van der Waals surface area contributed by atoms with Gasteiger partial charge in [-0.15, -0.1) is 0 Å². The highest BCUT2D eigenvalue weighted by molar-refractivity contribution is 5.47. The van der Waals surface area contributed by atoms with Crippen LogP contribution in [0.4, 0.5) is 5.69 Å². The first kappa shape index (κ1) is 10.5. The zero-order valence-corrected chi connectivity index (χ0v) is 9.18. The minimum absolute atomic E-state index is 0.565. The molecule has 0 fully saturated rings. The van der Waals surface area contributed by atoms with E-state index in [1.807, 2.05) is 43.4 Å². The molecule has 0 atom stereocenters. The van der Waals surface area contributed by atoms with Gasteiger partial charge in [-0.3, -0.25) is 4.98 Å². The van der Waals surface area contributed by atoms with E-state index in [1.165, 1.54) is 0 Å². The van der Waals surface area contributed by atoms with Gasteiger partial charge < -0.3 is 10.1 Å². The molecule has 0 aliphatic rings. The van der Waals surface area contributed by atoms with Gasteiger partial charge in [-0.05, 0) is 29.8 Å². The van der Waals surface area contributed by atoms with Gasteiger partial charge in [0.1, 0.15) is 12.4 Å². The van der Waals surface area contributed by atoms with E-state index in [2.05, 4.69) is 10.3 Å². The first-order valence-electron chi connectivity index (χ1n) is 5.18. The summed E-state index contributed by atoms with van der Waals surface area (Å²) in [6, 6.07) is 11.8. The summed E-state index contributed by atoms with van der Waals surface area (Å²) in [5.74, 6) is 0.865. The minimum Gasteiger partial charge on any atom is -0.489 e. The summed E-state index contributed by atoms with van der Waals surface area (Å²) in [5.41, 5.74) is 2.16. The Morgan fingerprint density at radius 3 is 2.75 bits per heavy atom. The molecule has 0 aliphatic carbocycles.